The molecule has 19 heavy (non-hydrogen) atoms. The monoisotopic (exact) mass is 260 g/mol. The molecule has 0 saturated heterocycles. The smallest absolute Gasteiger partial charge is 0.287 e. The van der Waals surface area contributed by atoms with Crippen molar-refractivity contribution in [3.63, 3.8) is 0 Å². The molecule has 4 aliphatic rings. The molecule has 4 fully saturated rings. The minimum atomic E-state index is -0.0802. The van der Waals surface area contributed by atoms with Gasteiger partial charge < -0.3 is 5.11 Å². The first-order valence-corrected chi connectivity index (χ1v) is 7.19. The molecule has 102 valence electrons. The predicted octanol–water partition coefficient (Wildman–Crippen LogP) is 1.20. The Kier molecular flexibility index (Phi) is 2.40. The summed E-state index contributed by atoms with van der Waals surface area (Å²) in [5.41, 5.74) is 0.235. The second-order valence-electron chi connectivity index (χ2n) is 6.81. The predicted molar refractivity (Wildman–Crippen MR) is 66.5 cm³/mol. The topological polar surface area (TPSA) is 89.9 Å². The molecule has 6 heteroatoms. The van der Waals surface area contributed by atoms with Crippen LogP contribution in [0.5, 0.6) is 0 Å². The molecule has 5 rings (SSSR count). The van der Waals surface area contributed by atoms with E-state index in [0.717, 1.165) is 17.8 Å². The van der Waals surface area contributed by atoms with Crippen LogP contribution in [-0.4, -0.2) is 26.5 Å². The average molecular weight is 260 g/mol. The van der Waals surface area contributed by atoms with Gasteiger partial charge in [-0.3, -0.25) is 0 Å². The fourth-order valence-corrected chi connectivity index (χ4v) is 5.18. The van der Waals surface area contributed by atoms with E-state index in [1.165, 1.54) is 38.5 Å². The van der Waals surface area contributed by atoms with Crippen molar-refractivity contribution in [2.24, 2.45) is 28.2 Å². The van der Waals surface area contributed by atoms with Crippen LogP contribution >= 0.6 is 0 Å². The summed E-state index contributed by atoms with van der Waals surface area (Å²) in [6, 6.07) is 0. The molecule has 0 aliphatic heterocycles. The number of H-pyrrole nitrogens is 1. The molecule has 0 atom stereocenters. The van der Waals surface area contributed by atoms with Crippen molar-refractivity contribution < 1.29 is 5.11 Å². The zero-order valence-electron chi connectivity index (χ0n) is 10.9. The van der Waals surface area contributed by atoms with Gasteiger partial charge in [0, 0.05) is 0 Å². The largest absolute Gasteiger partial charge is 0.862 e. The van der Waals surface area contributed by atoms with E-state index >= 15 is 0 Å². The van der Waals surface area contributed by atoms with Gasteiger partial charge in [-0.1, -0.05) is 5.10 Å². The lowest BCUT2D eigenvalue weighted by atomic mass is 9.49. The Balaban J connectivity index is 1.53. The Morgan fingerprint density at radius 3 is 2.37 bits per heavy atom. The van der Waals surface area contributed by atoms with Crippen LogP contribution in [0.3, 0.4) is 0 Å². The van der Waals surface area contributed by atoms with Crippen LogP contribution in [0.15, 0.2) is 4.99 Å². The van der Waals surface area contributed by atoms with Crippen molar-refractivity contribution >= 4 is 11.8 Å². The van der Waals surface area contributed by atoms with Gasteiger partial charge >= 0.3 is 0 Å². The van der Waals surface area contributed by atoms with Crippen molar-refractivity contribution in [2.45, 2.75) is 44.9 Å². The third-order valence-corrected chi connectivity index (χ3v) is 5.25. The fourth-order valence-electron chi connectivity index (χ4n) is 5.18. The number of nitrogens with one attached hydrogen (secondary N) is 1. The van der Waals surface area contributed by atoms with E-state index in [9.17, 15) is 5.11 Å². The molecule has 0 aromatic carbocycles. The molecular formula is C13H18N5O-. The summed E-state index contributed by atoms with van der Waals surface area (Å²) >= 11 is 0. The third-order valence-electron chi connectivity index (χ3n) is 5.25. The Labute approximate surface area is 111 Å². The minimum absolute atomic E-state index is 0.0802. The van der Waals surface area contributed by atoms with E-state index in [2.05, 4.69) is 25.6 Å². The summed E-state index contributed by atoms with van der Waals surface area (Å²) in [5, 5.41) is 25.3. The zero-order valence-corrected chi connectivity index (χ0v) is 10.9. The number of hydrogen-bond acceptors (Lipinski definition) is 5. The van der Waals surface area contributed by atoms with Crippen molar-refractivity contribution in [1.82, 2.24) is 20.6 Å². The third kappa shape index (κ3) is 2.03. The normalized spacial score (nSPS) is 40.8. The molecule has 1 N–H and O–H groups in total. The summed E-state index contributed by atoms with van der Waals surface area (Å²) in [5.74, 6) is 2.68. The van der Waals surface area contributed by atoms with Crippen LogP contribution in [0, 0.1) is 23.2 Å². The molecule has 0 unspecified atom stereocenters. The van der Waals surface area contributed by atoms with Crippen molar-refractivity contribution in [2.75, 3.05) is 0 Å². The molecule has 6 nitrogen and oxygen atoms in total. The number of aliphatic imine (C=N–C) groups is 1. The quantitative estimate of drug-likeness (QED) is 0.653. The first-order valence-electron chi connectivity index (χ1n) is 7.19. The lowest BCUT2D eigenvalue weighted by molar-refractivity contribution is -0.224. The summed E-state index contributed by atoms with van der Waals surface area (Å²) in [7, 11) is 0. The molecule has 4 bridgehead atoms. The van der Waals surface area contributed by atoms with Crippen LogP contribution in [0.2, 0.25) is 0 Å². The second-order valence-corrected chi connectivity index (χ2v) is 6.81. The van der Waals surface area contributed by atoms with Gasteiger partial charge in [-0.2, -0.15) is 5.21 Å². The van der Waals surface area contributed by atoms with E-state index in [0.29, 0.717) is 6.42 Å². The number of nitrogens with zero attached hydrogens (tertiary/aromatic N) is 4. The van der Waals surface area contributed by atoms with Gasteiger partial charge in [0.2, 0.25) is 0 Å². The van der Waals surface area contributed by atoms with E-state index in [-0.39, 0.29) is 17.3 Å². The second kappa shape index (κ2) is 4.02. The molecule has 0 radical (unpaired) electrons. The SMILES string of the molecule is [O-]C(CC12CC3CC(CC(C3)C1)C2)=Nc1nn[nH]n1. The summed E-state index contributed by atoms with van der Waals surface area (Å²) in [6.45, 7) is 0. The number of aromatic nitrogens is 4. The molecule has 1 aromatic rings. The van der Waals surface area contributed by atoms with Crippen LogP contribution in [0.25, 0.3) is 0 Å². The lowest BCUT2D eigenvalue weighted by Crippen LogP contribution is -2.47. The van der Waals surface area contributed by atoms with Gasteiger partial charge in [0.15, 0.2) is 0 Å². The standard InChI is InChI=1S/C13H19N5O/c19-11(14-12-15-17-18-16-12)7-13-4-8-1-9(5-13)3-10(2-8)6-13/h8-10H,1-7H2,(H2,14,15,16,17,18,19)/p-1. The molecule has 4 aliphatic carbocycles. The first kappa shape index (κ1) is 11.4. The minimum Gasteiger partial charge on any atom is -0.862 e. The van der Waals surface area contributed by atoms with Crippen LogP contribution in [0.1, 0.15) is 44.9 Å². The van der Waals surface area contributed by atoms with Gasteiger partial charge in [0.1, 0.15) is 0 Å². The van der Waals surface area contributed by atoms with E-state index in [1.807, 2.05) is 0 Å². The highest BCUT2D eigenvalue weighted by atomic mass is 16.3. The highest BCUT2D eigenvalue weighted by Gasteiger charge is 2.50. The Hall–Kier alpha value is -1.46. The maximum absolute atomic E-state index is 12.1. The van der Waals surface area contributed by atoms with Crippen molar-refractivity contribution in [3.05, 3.63) is 0 Å². The highest BCUT2D eigenvalue weighted by Crippen LogP contribution is 2.61. The number of aromatic amines is 1. The van der Waals surface area contributed by atoms with Crippen molar-refractivity contribution in [3.8, 4) is 0 Å². The first-order chi connectivity index (χ1) is 9.21. The molecular weight excluding hydrogens is 242 g/mol. The average Bonchev–Trinajstić information content (AvgIpc) is 2.78. The van der Waals surface area contributed by atoms with Crippen molar-refractivity contribution in [1.29, 1.82) is 0 Å². The van der Waals surface area contributed by atoms with Gasteiger partial charge in [-0.05, 0) is 79.2 Å². The summed E-state index contributed by atoms with van der Waals surface area (Å²) in [4.78, 5) is 3.94. The maximum Gasteiger partial charge on any atom is 0.287 e. The Bertz CT molecular complexity index is 460. The number of rotatable bonds is 3. The van der Waals surface area contributed by atoms with Gasteiger partial charge in [0.05, 0.1) is 0 Å². The summed E-state index contributed by atoms with van der Waals surface area (Å²) in [6.07, 6.45) is 8.46. The molecule has 1 aromatic heterocycles. The van der Waals surface area contributed by atoms with Gasteiger partial charge in [-0.25, -0.2) is 4.99 Å². The molecule has 4 saturated carbocycles. The number of hydrogen-bond donors (Lipinski definition) is 1. The highest BCUT2D eigenvalue weighted by molar-refractivity contribution is 5.74. The number of tetrazole rings is 1. The lowest BCUT2D eigenvalue weighted by Gasteiger charge is -2.57. The maximum atomic E-state index is 12.1. The van der Waals surface area contributed by atoms with Gasteiger partial charge in [0.25, 0.3) is 5.95 Å². The van der Waals surface area contributed by atoms with Crippen LogP contribution in [0.4, 0.5) is 5.95 Å². The molecule has 0 spiro atoms. The van der Waals surface area contributed by atoms with E-state index in [4.69, 9.17) is 0 Å². The summed E-state index contributed by atoms with van der Waals surface area (Å²) < 4.78 is 0. The molecule has 0 amide bonds. The van der Waals surface area contributed by atoms with Crippen LogP contribution < -0.4 is 5.11 Å². The fraction of sp³-hybridized carbons (Fsp3) is 0.846. The van der Waals surface area contributed by atoms with E-state index in [1.54, 1.807) is 0 Å². The van der Waals surface area contributed by atoms with Gasteiger partial charge in [-0.15, -0.1) is 5.10 Å². The Morgan fingerprint density at radius 1 is 1.21 bits per heavy atom. The van der Waals surface area contributed by atoms with Crippen LogP contribution in [-0.2, 0) is 0 Å². The van der Waals surface area contributed by atoms with E-state index < -0.39 is 0 Å². The molecule has 1 heterocycles. The zero-order chi connectivity index (χ0) is 12.9. The Morgan fingerprint density at radius 2 is 1.84 bits per heavy atom.